The minimum absolute atomic E-state index is 0.292. The Morgan fingerprint density at radius 1 is 1.12 bits per heavy atom. The van der Waals surface area contributed by atoms with Crippen LogP contribution in [-0.4, -0.2) is 59.8 Å². The van der Waals surface area contributed by atoms with Crippen molar-refractivity contribution in [3.63, 3.8) is 0 Å². The van der Waals surface area contributed by atoms with Crippen LogP contribution in [0.25, 0.3) is 0 Å². The predicted octanol–water partition coefficient (Wildman–Crippen LogP) is 2.78. The summed E-state index contributed by atoms with van der Waals surface area (Å²) in [5.41, 5.74) is 0.784. The van der Waals surface area contributed by atoms with E-state index >= 15 is 0 Å². The second-order valence-electron chi connectivity index (χ2n) is 4.98. The zero-order valence-electron chi connectivity index (χ0n) is 16.3. The predicted molar refractivity (Wildman–Crippen MR) is 106 cm³/mol. The molecule has 1 heterocycles. The summed E-state index contributed by atoms with van der Waals surface area (Å²) in [5, 5.41) is 2.94. The lowest BCUT2D eigenvalue weighted by atomic mass is 10.3. The van der Waals surface area contributed by atoms with Gasteiger partial charge in [0, 0.05) is 32.4 Å². The van der Waals surface area contributed by atoms with Crippen molar-refractivity contribution < 1.29 is 13.2 Å². The Labute approximate surface area is 154 Å². The largest absolute Gasteiger partial charge is 0.388 e. The van der Waals surface area contributed by atoms with Gasteiger partial charge < -0.3 is 10.1 Å². The average Bonchev–Trinajstić information content (AvgIpc) is 2.69. The first-order valence-electron chi connectivity index (χ1n) is 9.19. The molecule has 146 valence electrons. The van der Waals surface area contributed by atoms with E-state index in [2.05, 4.69) is 14.9 Å². The van der Waals surface area contributed by atoms with Crippen molar-refractivity contribution in [2.45, 2.75) is 39.0 Å². The van der Waals surface area contributed by atoms with E-state index in [1.807, 2.05) is 33.8 Å². The van der Waals surface area contributed by atoms with Crippen molar-refractivity contribution in [1.29, 1.82) is 0 Å². The lowest BCUT2D eigenvalue weighted by molar-refractivity contribution is 0.0376. The highest BCUT2D eigenvalue weighted by atomic mass is 32.2. The van der Waals surface area contributed by atoms with E-state index in [1.165, 1.54) is 0 Å². The third-order valence-corrected chi connectivity index (χ3v) is 4.94. The zero-order valence-corrected chi connectivity index (χ0v) is 17.2. The topological polar surface area (TPSA) is 70.7 Å². The van der Waals surface area contributed by atoms with Crippen LogP contribution in [-0.2, 0) is 14.8 Å². The molecule has 0 spiro atoms. The fraction of sp³-hybridized carbons (Fsp3) is 0.667. The van der Waals surface area contributed by atoms with Crippen LogP contribution in [0.15, 0.2) is 29.2 Å². The molecule has 1 fully saturated rings. The highest BCUT2D eigenvalue weighted by Gasteiger charge is 2.14. The first kappa shape index (κ1) is 23.9. The van der Waals surface area contributed by atoms with Gasteiger partial charge in [0.05, 0.1) is 18.1 Å². The van der Waals surface area contributed by atoms with Crippen molar-refractivity contribution in [3.8, 4) is 0 Å². The van der Waals surface area contributed by atoms with E-state index in [-0.39, 0.29) is 0 Å². The molecular formula is C18H35N3O3S. The molecule has 1 aromatic rings. The van der Waals surface area contributed by atoms with Gasteiger partial charge in [-0.2, -0.15) is 0 Å². The molecule has 6 nitrogen and oxygen atoms in total. The molecule has 0 aliphatic carbocycles. The van der Waals surface area contributed by atoms with Gasteiger partial charge in [0.1, 0.15) is 0 Å². The van der Waals surface area contributed by atoms with Crippen LogP contribution < -0.4 is 10.0 Å². The fourth-order valence-corrected chi connectivity index (χ4v) is 3.36. The zero-order chi connectivity index (χ0) is 19.1. The summed E-state index contributed by atoms with van der Waals surface area (Å²) in [6.07, 6.45) is 0.797. The lowest BCUT2D eigenvalue weighted by Crippen LogP contribution is -2.38. The summed E-state index contributed by atoms with van der Waals surface area (Å²) in [6.45, 7) is 12.7. The number of ether oxygens (including phenoxy) is 1. The van der Waals surface area contributed by atoms with Crippen LogP contribution in [0.2, 0.25) is 0 Å². The number of morpholine rings is 1. The van der Waals surface area contributed by atoms with E-state index in [0.717, 1.165) is 45.0 Å². The summed E-state index contributed by atoms with van der Waals surface area (Å²) in [5.74, 6) is 0. The molecule has 2 N–H and O–H groups in total. The van der Waals surface area contributed by atoms with Crippen molar-refractivity contribution >= 4 is 15.7 Å². The van der Waals surface area contributed by atoms with Gasteiger partial charge in [-0.25, -0.2) is 13.1 Å². The molecule has 1 saturated heterocycles. The Balaban J connectivity index is 0.00000134. The standard InChI is InChI=1S/C14H23N3O3S.2C2H6/c1-15-13-4-2-5-14(12-13)21(18,19)16-6-3-7-17-8-10-20-11-9-17;2*1-2/h2,4-5,12,15-16H,3,6-11H2,1H3;2*1-2H3. The second kappa shape index (κ2) is 14.1. The molecule has 0 amide bonds. The maximum atomic E-state index is 12.2. The van der Waals surface area contributed by atoms with E-state index in [0.29, 0.717) is 11.4 Å². The number of benzene rings is 1. The number of anilines is 1. The van der Waals surface area contributed by atoms with Crippen molar-refractivity contribution in [2.24, 2.45) is 0 Å². The van der Waals surface area contributed by atoms with Crippen LogP contribution in [0, 0.1) is 0 Å². The Morgan fingerprint density at radius 3 is 2.36 bits per heavy atom. The van der Waals surface area contributed by atoms with E-state index in [4.69, 9.17) is 4.74 Å². The molecule has 1 aliphatic rings. The molecule has 0 saturated carbocycles. The van der Waals surface area contributed by atoms with Crippen LogP contribution in [0.1, 0.15) is 34.1 Å². The number of hydrogen-bond acceptors (Lipinski definition) is 5. The van der Waals surface area contributed by atoms with Crippen LogP contribution >= 0.6 is 0 Å². The Morgan fingerprint density at radius 2 is 1.76 bits per heavy atom. The molecule has 25 heavy (non-hydrogen) atoms. The van der Waals surface area contributed by atoms with Gasteiger partial charge in [0.2, 0.25) is 10.0 Å². The molecule has 0 aromatic heterocycles. The van der Waals surface area contributed by atoms with Crippen LogP contribution in [0.4, 0.5) is 5.69 Å². The maximum absolute atomic E-state index is 12.2. The third kappa shape index (κ3) is 9.21. The molecule has 0 radical (unpaired) electrons. The van der Waals surface area contributed by atoms with Gasteiger partial charge in [-0.1, -0.05) is 33.8 Å². The third-order valence-electron chi connectivity index (χ3n) is 3.48. The normalized spacial score (nSPS) is 14.6. The first-order chi connectivity index (χ1) is 12.1. The number of sulfonamides is 1. The van der Waals surface area contributed by atoms with E-state index < -0.39 is 10.0 Å². The Kier molecular flexibility index (Phi) is 13.4. The maximum Gasteiger partial charge on any atom is 0.240 e. The highest BCUT2D eigenvalue weighted by molar-refractivity contribution is 7.89. The molecule has 1 aliphatic heterocycles. The summed E-state index contributed by atoms with van der Waals surface area (Å²) >= 11 is 0. The number of nitrogens with zero attached hydrogens (tertiary/aromatic N) is 1. The molecule has 0 bridgehead atoms. The van der Waals surface area contributed by atoms with Gasteiger partial charge in [0.25, 0.3) is 0 Å². The van der Waals surface area contributed by atoms with Gasteiger partial charge in [0.15, 0.2) is 0 Å². The van der Waals surface area contributed by atoms with Gasteiger partial charge >= 0.3 is 0 Å². The van der Waals surface area contributed by atoms with Crippen molar-refractivity contribution in [3.05, 3.63) is 24.3 Å². The van der Waals surface area contributed by atoms with Crippen LogP contribution in [0.3, 0.4) is 0 Å². The van der Waals surface area contributed by atoms with Gasteiger partial charge in [-0.05, 0) is 31.2 Å². The smallest absolute Gasteiger partial charge is 0.240 e. The van der Waals surface area contributed by atoms with E-state index in [9.17, 15) is 8.42 Å². The number of hydrogen-bond donors (Lipinski definition) is 2. The van der Waals surface area contributed by atoms with E-state index in [1.54, 1.807) is 25.2 Å². The van der Waals surface area contributed by atoms with Gasteiger partial charge in [-0.15, -0.1) is 0 Å². The highest BCUT2D eigenvalue weighted by Crippen LogP contribution is 2.14. The van der Waals surface area contributed by atoms with Gasteiger partial charge in [-0.3, -0.25) is 4.90 Å². The molecule has 0 unspecified atom stereocenters. The summed E-state index contributed by atoms with van der Waals surface area (Å²) in [4.78, 5) is 2.58. The lowest BCUT2D eigenvalue weighted by Gasteiger charge is -2.26. The number of rotatable bonds is 7. The molecule has 1 aromatic carbocycles. The molecule has 7 heteroatoms. The molecule has 0 atom stereocenters. The van der Waals surface area contributed by atoms with Crippen molar-refractivity contribution in [2.75, 3.05) is 51.8 Å². The van der Waals surface area contributed by atoms with Crippen molar-refractivity contribution in [1.82, 2.24) is 9.62 Å². The minimum Gasteiger partial charge on any atom is -0.388 e. The minimum atomic E-state index is -3.43. The number of nitrogens with one attached hydrogen (secondary N) is 2. The monoisotopic (exact) mass is 373 g/mol. The fourth-order valence-electron chi connectivity index (χ4n) is 2.24. The SMILES string of the molecule is CC.CC.CNc1cccc(S(=O)(=O)NCCCN2CCOCC2)c1. The molecule has 2 rings (SSSR count). The average molecular weight is 374 g/mol. The van der Waals surface area contributed by atoms with Crippen LogP contribution in [0.5, 0.6) is 0 Å². The Bertz CT molecular complexity index is 544. The molecular weight excluding hydrogens is 338 g/mol. The summed E-state index contributed by atoms with van der Waals surface area (Å²) in [7, 11) is -1.66. The Hall–Kier alpha value is -1.15. The summed E-state index contributed by atoms with van der Waals surface area (Å²) in [6, 6.07) is 6.79. The first-order valence-corrected chi connectivity index (χ1v) is 10.7. The summed E-state index contributed by atoms with van der Waals surface area (Å²) < 4.78 is 32.3. The second-order valence-corrected chi connectivity index (χ2v) is 6.75. The quantitative estimate of drug-likeness (QED) is 0.719.